The second-order valence-corrected chi connectivity index (χ2v) is 7.21. The highest BCUT2D eigenvalue weighted by molar-refractivity contribution is 5.89. The molecule has 1 aromatic carbocycles. The van der Waals surface area contributed by atoms with Crippen LogP contribution in [0.2, 0.25) is 0 Å². The summed E-state index contributed by atoms with van der Waals surface area (Å²) in [7, 11) is 2.17. The fourth-order valence-corrected chi connectivity index (χ4v) is 3.29. The van der Waals surface area contributed by atoms with E-state index in [1.165, 1.54) is 4.90 Å². The molecule has 1 amide bonds. The van der Waals surface area contributed by atoms with Gasteiger partial charge in [0.15, 0.2) is 11.7 Å². The van der Waals surface area contributed by atoms with Crippen molar-refractivity contribution >= 4 is 22.8 Å². The van der Waals surface area contributed by atoms with Gasteiger partial charge in [-0.2, -0.15) is 5.26 Å². The Bertz CT molecular complexity index is 864. The Hall–Kier alpha value is -2.72. The zero-order chi connectivity index (χ0) is 18.1. The van der Waals surface area contributed by atoms with Gasteiger partial charge in [-0.1, -0.05) is 12.1 Å². The van der Waals surface area contributed by atoms with E-state index in [4.69, 9.17) is 9.97 Å². The number of nitriles is 1. The Morgan fingerprint density at radius 1 is 1.27 bits per heavy atom. The molecule has 1 aromatic heterocycles. The summed E-state index contributed by atoms with van der Waals surface area (Å²) in [5.41, 5.74) is 1.98. The van der Waals surface area contributed by atoms with E-state index in [1.807, 2.05) is 24.3 Å². The highest BCUT2D eigenvalue weighted by atomic mass is 16.2. The number of nitrogens with one attached hydrogen (secondary N) is 2. The van der Waals surface area contributed by atoms with Crippen LogP contribution < -0.4 is 15.1 Å². The Morgan fingerprint density at radius 3 is 2.54 bits per heavy atom. The van der Waals surface area contributed by atoms with Gasteiger partial charge >= 0.3 is 0 Å². The van der Waals surface area contributed by atoms with Crippen molar-refractivity contribution in [2.24, 2.45) is 0 Å². The molecule has 2 fully saturated rings. The number of piperazine rings is 1. The lowest BCUT2D eigenvalue weighted by Gasteiger charge is -2.32. The first-order valence-corrected chi connectivity index (χ1v) is 9.18. The van der Waals surface area contributed by atoms with Crippen molar-refractivity contribution in [3.8, 4) is 6.07 Å². The average molecular weight is 351 g/mol. The van der Waals surface area contributed by atoms with Gasteiger partial charge in [0, 0.05) is 6.04 Å². The van der Waals surface area contributed by atoms with E-state index >= 15 is 0 Å². The number of rotatable bonds is 4. The number of carbonyl (C=O) groups is 1. The van der Waals surface area contributed by atoms with Gasteiger partial charge in [0.25, 0.3) is 0 Å². The number of hydrogen-bond donors (Lipinski definition) is 2. The van der Waals surface area contributed by atoms with Crippen LogP contribution in [0.15, 0.2) is 24.3 Å². The zero-order valence-electron chi connectivity index (χ0n) is 14.9. The van der Waals surface area contributed by atoms with Crippen molar-refractivity contribution in [2.45, 2.75) is 24.8 Å². The first kappa shape index (κ1) is 16.7. The molecule has 2 N–H and O–H groups in total. The Labute approximate surface area is 152 Å². The van der Waals surface area contributed by atoms with Crippen LogP contribution in [-0.4, -0.2) is 55.1 Å². The number of benzene rings is 1. The zero-order valence-corrected chi connectivity index (χ0v) is 14.9. The lowest BCUT2D eigenvalue weighted by molar-refractivity contribution is -0.880. The molecule has 0 spiro atoms. The van der Waals surface area contributed by atoms with Crippen LogP contribution in [0.4, 0.5) is 5.82 Å². The lowest BCUT2D eigenvalue weighted by Crippen LogP contribution is -3.12. The maximum atomic E-state index is 12.6. The summed E-state index contributed by atoms with van der Waals surface area (Å²) in [4.78, 5) is 25.7. The first-order valence-electron chi connectivity index (χ1n) is 9.18. The fraction of sp³-hybridized carbons (Fsp3) is 0.474. The quantitative estimate of drug-likeness (QED) is 0.800. The SMILES string of the molecule is C[NH+]1CCN(c2nc3ccccc3nc2[C@H](C#N)C(=O)NC2CC2)CC1. The monoisotopic (exact) mass is 351 g/mol. The molecular formula is C19H23N6O+. The molecule has 1 atom stereocenters. The van der Waals surface area contributed by atoms with Crippen molar-refractivity contribution < 1.29 is 9.69 Å². The van der Waals surface area contributed by atoms with Crippen LogP contribution in [0.25, 0.3) is 11.0 Å². The van der Waals surface area contributed by atoms with E-state index in [-0.39, 0.29) is 11.9 Å². The molecule has 0 unspecified atom stereocenters. The van der Waals surface area contributed by atoms with Crippen LogP contribution in [0.3, 0.4) is 0 Å². The third kappa shape index (κ3) is 3.33. The third-order valence-electron chi connectivity index (χ3n) is 5.08. The molecule has 1 aliphatic heterocycles. The Balaban J connectivity index is 1.75. The maximum absolute atomic E-state index is 12.6. The summed E-state index contributed by atoms with van der Waals surface area (Å²) in [6.45, 7) is 3.68. The van der Waals surface area contributed by atoms with Gasteiger partial charge in [0.2, 0.25) is 5.91 Å². The molecule has 2 heterocycles. The van der Waals surface area contributed by atoms with Gasteiger partial charge in [0.05, 0.1) is 50.3 Å². The van der Waals surface area contributed by atoms with E-state index in [0.717, 1.165) is 44.5 Å². The lowest BCUT2D eigenvalue weighted by atomic mass is 10.0. The molecule has 4 rings (SSSR count). The molecule has 7 heteroatoms. The summed E-state index contributed by atoms with van der Waals surface area (Å²) in [5.74, 6) is -0.524. The van der Waals surface area contributed by atoms with Crippen LogP contribution in [-0.2, 0) is 4.79 Å². The van der Waals surface area contributed by atoms with Crippen molar-refractivity contribution in [2.75, 3.05) is 38.1 Å². The smallest absolute Gasteiger partial charge is 0.243 e. The van der Waals surface area contributed by atoms with Crippen molar-refractivity contribution in [3.63, 3.8) is 0 Å². The van der Waals surface area contributed by atoms with E-state index in [1.54, 1.807) is 0 Å². The molecule has 26 heavy (non-hydrogen) atoms. The van der Waals surface area contributed by atoms with Crippen LogP contribution in [0.1, 0.15) is 24.5 Å². The summed E-state index contributed by atoms with van der Waals surface area (Å²) in [5, 5.41) is 12.7. The molecule has 1 saturated heterocycles. The minimum Gasteiger partial charge on any atom is -0.352 e. The molecule has 0 bridgehead atoms. The number of para-hydroxylation sites is 2. The standard InChI is InChI=1S/C19H22N6O/c1-24-8-10-25(11-9-24)18-17(14(12-20)19(26)21-13-6-7-13)22-15-4-2-3-5-16(15)23-18/h2-5,13-14H,6-11H2,1H3,(H,21,26)/p+1/t14-/m0/s1. The normalized spacial score (nSPS) is 19.2. The van der Waals surface area contributed by atoms with Crippen LogP contribution in [0.5, 0.6) is 0 Å². The minimum atomic E-state index is -0.935. The Kier molecular flexibility index (Phi) is 4.43. The predicted molar refractivity (Wildman–Crippen MR) is 97.9 cm³/mol. The molecule has 7 nitrogen and oxygen atoms in total. The molecule has 0 radical (unpaired) electrons. The number of fused-ring (bicyclic) bond motifs is 1. The molecule has 2 aromatic rings. The van der Waals surface area contributed by atoms with Crippen molar-refractivity contribution in [3.05, 3.63) is 30.0 Å². The third-order valence-corrected chi connectivity index (χ3v) is 5.08. The molecule has 1 saturated carbocycles. The van der Waals surface area contributed by atoms with Crippen molar-refractivity contribution in [1.82, 2.24) is 15.3 Å². The number of nitrogens with zero attached hydrogens (tertiary/aromatic N) is 4. The second-order valence-electron chi connectivity index (χ2n) is 7.21. The number of anilines is 1. The Morgan fingerprint density at radius 2 is 1.92 bits per heavy atom. The molecule has 1 aliphatic carbocycles. The predicted octanol–water partition coefficient (Wildman–Crippen LogP) is -0.150. The van der Waals surface area contributed by atoms with E-state index in [2.05, 4.69) is 23.3 Å². The summed E-state index contributed by atoms with van der Waals surface area (Å²) >= 11 is 0. The number of aromatic nitrogens is 2. The highest BCUT2D eigenvalue weighted by Crippen LogP contribution is 2.28. The number of carbonyl (C=O) groups excluding carboxylic acids is 1. The number of likely N-dealkylation sites (N-methyl/N-ethyl adjacent to an activating group) is 1. The van der Waals surface area contributed by atoms with E-state index in [0.29, 0.717) is 17.0 Å². The average Bonchev–Trinajstić information content (AvgIpc) is 3.46. The van der Waals surface area contributed by atoms with Gasteiger partial charge < -0.3 is 15.1 Å². The fourth-order valence-electron chi connectivity index (χ4n) is 3.29. The van der Waals surface area contributed by atoms with Gasteiger partial charge in [-0.05, 0) is 25.0 Å². The topological polar surface area (TPSA) is 86.3 Å². The first-order chi connectivity index (χ1) is 12.7. The van der Waals surface area contributed by atoms with E-state index < -0.39 is 5.92 Å². The van der Waals surface area contributed by atoms with E-state index in [9.17, 15) is 10.1 Å². The second kappa shape index (κ2) is 6.89. The molecular weight excluding hydrogens is 328 g/mol. The number of hydrogen-bond acceptors (Lipinski definition) is 5. The minimum absolute atomic E-state index is 0.211. The van der Waals surface area contributed by atoms with Crippen molar-refractivity contribution in [1.29, 1.82) is 5.26 Å². The summed E-state index contributed by atoms with van der Waals surface area (Å²) < 4.78 is 0. The highest BCUT2D eigenvalue weighted by Gasteiger charge is 2.33. The van der Waals surface area contributed by atoms with Crippen LogP contribution in [0, 0.1) is 11.3 Å². The maximum Gasteiger partial charge on any atom is 0.243 e. The van der Waals surface area contributed by atoms with Gasteiger partial charge in [-0.15, -0.1) is 0 Å². The molecule has 134 valence electrons. The number of amides is 1. The molecule has 2 aliphatic rings. The van der Waals surface area contributed by atoms with Gasteiger partial charge in [-0.3, -0.25) is 4.79 Å². The van der Waals surface area contributed by atoms with Gasteiger partial charge in [0.1, 0.15) is 5.69 Å². The summed E-state index contributed by atoms with van der Waals surface area (Å²) in [6.07, 6.45) is 1.97. The van der Waals surface area contributed by atoms with Gasteiger partial charge in [-0.25, -0.2) is 9.97 Å². The number of quaternary nitrogens is 1. The largest absolute Gasteiger partial charge is 0.352 e. The summed E-state index contributed by atoms with van der Waals surface area (Å²) in [6, 6.07) is 9.98. The van der Waals surface area contributed by atoms with Crippen LogP contribution >= 0.6 is 0 Å².